The number of allylic oxidation sites excluding steroid dienone is 8. The maximum atomic E-state index is 5.20. The highest BCUT2D eigenvalue weighted by atomic mass is 14.9. The van der Waals surface area contributed by atoms with E-state index < -0.39 is 0 Å². The lowest BCUT2D eigenvalue weighted by molar-refractivity contribution is 0.965. The first-order chi connectivity index (χ1) is 33.5. The Morgan fingerprint density at radius 2 is 0.529 bits per heavy atom. The summed E-state index contributed by atoms with van der Waals surface area (Å²) < 4.78 is 0. The summed E-state index contributed by atoms with van der Waals surface area (Å²) in [5.41, 5.74) is 39.7. The Labute approximate surface area is 417 Å². The van der Waals surface area contributed by atoms with E-state index in [4.69, 9.17) is 20.0 Å². The van der Waals surface area contributed by atoms with Gasteiger partial charge in [0.25, 0.3) is 0 Å². The molecular weight excluding hydrogens is 857 g/mol. The van der Waals surface area contributed by atoms with Gasteiger partial charge in [-0.1, -0.05) is 27.7 Å². The van der Waals surface area contributed by atoms with Crippen LogP contribution in [0.4, 0.5) is 0 Å². The molecule has 4 N–H and O–H groups in total. The lowest BCUT2D eigenvalue weighted by Crippen LogP contribution is -2.00. The van der Waals surface area contributed by atoms with Gasteiger partial charge in [0, 0.05) is 81.2 Å². The summed E-state index contributed by atoms with van der Waals surface area (Å²) in [4.78, 5) is 36.4. The van der Waals surface area contributed by atoms with Crippen molar-refractivity contribution >= 4 is 47.2 Å². The van der Waals surface area contributed by atoms with Crippen LogP contribution >= 0.6 is 0 Å². The van der Waals surface area contributed by atoms with Crippen molar-refractivity contribution in [3.05, 3.63) is 157 Å². The predicted octanol–water partition coefficient (Wildman–Crippen LogP) is 15.5. The SMILES string of the molecule is CCc1c2[nH]c(c1C)/C=C1\N=C(C)C(=C1C)CCC1=C(C)/C(=C/c3[nH]c(c(CC)c3C)Cc3[nH]c(c(C)c3CC)/C=C3/N=C(C)C(=C3C)CCC3=C(C)/C(=C\c4[nH]c(c(CC)c4C)C2)N=C3C)N=C1C. The van der Waals surface area contributed by atoms with Crippen molar-refractivity contribution in [2.24, 2.45) is 20.0 Å². The van der Waals surface area contributed by atoms with Crippen molar-refractivity contribution in [1.29, 1.82) is 0 Å². The van der Waals surface area contributed by atoms with Gasteiger partial charge < -0.3 is 19.9 Å². The van der Waals surface area contributed by atoms with E-state index in [9.17, 15) is 0 Å². The Bertz CT molecular complexity index is 2850. The molecule has 5 aliphatic rings. The Hall–Kier alpha value is -6.28. The van der Waals surface area contributed by atoms with Gasteiger partial charge in [0.1, 0.15) is 0 Å². The Kier molecular flexibility index (Phi) is 13.3. The average Bonchev–Trinajstić information content (AvgIpc) is 4.18. The summed E-state index contributed by atoms with van der Waals surface area (Å²) in [5.74, 6) is 0. The van der Waals surface area contributed by atoms with Crippen LogP contribution in [-0.2, 0) is 38.5 Å². The number of aromatic nitrogens is 4. The molecule has 8 nitrogen and oxygen atoms in total. The van der Waals surface area contributed by atoms with Crippen LogP contribution in [0.25, 0.3) is 24.3 Å². The topological polar surface area (TPSA) is 113 Å². The molecule has 9 heterocycles. The number of rotatable bonds is 4. The van der Waals surface area contributed by atoms with E-state index in [1.54, 1.807) is 0 Å². The molecule has 0 atom stereocenters. The molecule has 5 aliphatic heterocycles. The molecule has 0 aliphatic carbocycles. The molecule has 0 fully saturated rings. The summed E-state index contributed by atoms with van der Waals surface area (Å²) in [5, 5.41) is 0. The van der Waals surface area contributed by atoms with Crippen LogP contribution in [0.1, 0.15) is 199 Å². The fraction of sp³-hybridized carbons (Fsp3) is 0.419. The Morgan fingerprint density at radius 1 is 0.329 bits per heavy atom. The van der Waals surface area contributed by atoms with Crippen LogP contribution in [0.2, 0.25) is 0 Å². The monoisotopic (exact) mass is 933 g/mol. The molecule has 0 radical (unpaired) electrons. The summed E-state index contributed by atoms with van der Waals surface area (Å²) in [7, 11) is 0. The molecule has 364 valence electrons. The number of hydrogen-bond acceptors (Lipinski definition) is 4. The van der Waals surface area contributed by atoms with Crippen molar-refractivity contribution < 1.29 is 0 Å². The van der Waals surface area contributed by atoms with Gasteiger partial charge in [-0.2, -0.15) is 0 Å². The van der Waals surface area contributed by atoms with Crippen LogP contribution in [0.3, 0.4) is 0 Å². The van der Waals surface area contributed by atoms with Crippen LogP contribution in [0.5, 0.6) is 0 Å². The molecule has 0 unspecified atom stereocenters. The van der Waals surface area contributed by atoms with Crippen molar-refractivity contribution in [1.82, 2.24) is 19.9 Å². The Balaban J connectivity index is 1.13. The minimum Gasteiger partial charge on any atom is -0.358 e. The first-order valence-electron chi connectivity index (χ1n) is 26.2. The number of fused-ring (bicyclic) bond motifs is 12. The molecule has 70 heavy (non-hydrogen) atoms. The van der Waals surface area contributed by atoms with Gasteiger partial charge in [0.2, 0.25) is 0 Å². The molecule has 16 bridgehead atoms. The summed E-state index contributed by atoms with van der Waals surface area (Å²) in [6.45, 7) is 35.9. The highest BCUT2D eigenvalue weighted by molar-refractivity contribution is 6.07. The molecule has 0 amide bonds. The van der Waals surface area contributed by atoms with Crippen LogP contribution in [-0.4, -0.2) is 42.8 Å². The summed E-state index contributed by atoms with van der Waals surface area (Å²) in [6, 6.07) is 0. The van der Waals surface area contributed by atoms with E-state index in [-0.39, 0.29) is 0 Å². The van der Waals surface area contributed by atoms with E-state index in [0.717, 1.165) is 133 Å². The van der Waals surface area contributed by atoms with Crippen molar-refractivity contribution in [3.63, 3.8) is 0 Å². The van der Waals surface area contributed by atoms with Gasteiger partial charge in [-0.3, -0.25) is 20.0 Å². The van der Waals surface area contributed by atoms with Gasteiger partial charge in [0.05, 0.1) is 22.8 Å². The quantitative estimate of drug-likeness (QED) is 0.156. The normalized spacial score (nSPS) is 21.0. The zero-order valence-corrected chi connectivity index (χ0v) is 45.2. The molecule has 0 aromatic carbocycles. The number of nitrogens with one attached hydrogen (secondary N) is 4. The second-order valence-electron chi connectivity index (χ2n) is 20.6. The molecule has 0 spiro atoms. The van der Waals surface area contributed by atoms with Gasteiger partial charge in [-0.25, -0.2) is 0 Å². The lowest BCUT2D eigenvalue weighted by atomic mass is 9.94. The Morgan fingerprint density at radius 3 is 0.714 bits per heavy atom. The first-order valence-corrected chi connectivity index (χ1v) is 26.2. The molecule has 0 saturated heterocycles. The second kappa shape index (κ2) is 19.1. The molecule has 8 heteroatoms. The standard InChI is InChI=1S/C62H76N8/c1-17-43-31(5)55-25-51-35(9)47(39(13)63-51)21-22-48-37(11)53(65-41(48)15)27-57-33(7)45(19-3)61(69-57)30-62-46(20-4)34(8)58(70-62)28-54-38(12)50(42(16)66-54)24-23-49-36(10)52(64-40(49)14)26-56-32(6)44(18-2)60(68-56)29-59(43)67-55/h25-28,67-70H,17-24,29-30H2,1-16H3/b51-25-,52-26+,53-27-,54-28+. The largest absolute Gasteiger partial charge is 0.358 e. The van der Waals surface area contributed by atoms with E-state index in [1.807, 2.05) is 0 Å². The molecule has 4 aromatic heterocycles. The smallest absolute Gasteiger partial charge is 0.0686 e. The van der Waals surface area contributed by atoms with Gasteiger partial charge >= 0.3 is 0 Å². The average molecular weight is 933 g/mol. The number of nitrogens with zero attached hydrogens (tertiary/aromatic N) is 4. The number of aromatic amines is 4. The van der Waals surface area contributed by atoms with Crippen molar-refractivity contribution in [3.8, 4) is 0 Å². The second-order valence-corrected chi connectivity index (χ2v) is 20.6. The predicted molar refractivity (Wildman–Crippen MR) is 299 cm³/mol. The van der Waals surface area contributed by atoms with Gasteiger partial charge in [-0.15, -0.1) is 0 Å². The number of H-pyrrole nitrogens is 4. The zero-order valence-electron chi connectivity index (χ0n) is 45.2. The highest BCUT2D eigenvalue weighted by Crippen LogP contribution is 2.39. The molecule has 9 rings (SSSR count). The number of hydrogen-bond donors (Lipinski definition) is 4. The maximum Gasteiger partial charge on any atom is 0.0686 e. The zero-order chi connectivity index (χ0) is 50.0. The van der Waals surface area contributed by atoms with Gasteiger partial charge in [-0.05, 0) is 248 Å². The minimum atomic E-state index is 0.817. The van der Waals surface area contributed by atoms with Gasteiger partial charge in [0.15, 0.2) is 0 Å². The van der Waals surface area contributed by atoms with E-state index in [0.29, 0.717) is 0 Å². The van der Waals surface area contributed by atoms with E-state index in [1.165, 1.54) is 112 Å². The van der Waals surface area contributed by atoms with Crippen LogP contribution in [0.15, 0.2) is 87.3 Å². The van der Waals surface area contributed by atoms with E-state index in [2.05, 4.69) is 155 Å². The maximum absolute atomic E-state index is 5.20. The van der Waals surface area contributed by atoms with Crippen LogP contribution < -0.4 is 0 Å². The first kappa shape index (κ1) is 48.7. The summed E-state index contributed by atoms with van der Waals surface area (Å²) >= 11 is 0. The third-order valence-corrected chi connectivity index (χ3v) is 16.8. The van der Waals surface area contributed by atoms with Crippen molar-refractivity contribution in [2.75, 3.05) is 0 Å². The van der Waals surface area contributed by atoms with Crippen LogP contribution in [0, 0.1) is 27.7 Å². The molecule has 0 saturated carbocycles. The van der Waals surface area contributed by atoms with E-state index >= 15 is 0 Å². The lowest BCUT2D eigenvalue weighted by Gasteiger charge is -2.08. The van der Waals surface area contributed by atoms with Crippen molar-refractivity contribution in [2.45, 2.75) is 175 Å². The molecular formula is C62H76N8. The minimum absolute atomic E-state index is 0.817. The fourth-order valence-electron chi connectivity index (χ4n) is 12.4. The third kappa shape index (κ3) is 8.49. The third-order valence-electron chi connectivity index (χ3n) is 16.8. The summed E-state index contributed by atoms with van der Waals surface area (Å²) in [6.07, 6.45) is 18.3. The molecule has 4 aromatic rings. The number of aliphatic imine (C=N–C) groups is 4. The highest BCUT2D eigenvalue weighted by Gasteiger charge is 2.27. The fourth-order valence-corrected chi connectivity index (χ4v) is 12.4.